The van der Waals surface area contributed by atoms with E-state index >= 15 is 0 Å². The van der Waals surface area contributed by atoms with Gasteiger partial charge in [0.25, 0.3) is 0 Å². The van der Waals surface area contributed by atoms with Gasteiger partial charge in [-0.05, 0) is 26.2 Å². The molecule has 0 spiro atoms. The van der Waals surface area contributed by atoms with Crippen LogP contribution in [0.4, 0.5) is 5.13 Å². The first kappa shape index (κ1) is 14.4. The van der Waals surface area contributed by atoms with Gasteiger partial charge in [0.1, 0.15) is 0 Å². The maximum atomic E-state index is 12.0. The number of aromatic nitrogens is 1. The Morgan fingerprint density at radius 3 is 2.84 bits per heavy atom. The summed E-state index contributed by atoms with van der Waals surface area (Å²) >= 11 is 1.52. The van der Waals surface area contributed by atoms with Crippen molar-refractivity contribution in [1.82, 2.24) is 9.88 Å². The van der Waals surface area contributed by atoms with Gasteiger partial charge in [-0.3, -0.25) is 9.69 Å². The largest absolute Gasteiger partial charge is 0.395 e. The summed E-state index contributed by atoms with van der Waals surface area (Å²) in [4.78, 5) is 19.6. The van der Waals surface area contributed by atoms with Gasteiger partial charge in [0.05, 0.1) is 18.8 Å². The smallest absolute Gasteiger partial charge is 0.240 e. The molecule has 1 fully saturated rings. The molecular weight excluding hydrogens is 262 g/mol. The molecule has 1 aliphatic rings. The summed E-state index contributed by atoms with van der Waals surface area (Å²) in [6.07, 6.45) is 3.14. The second-order valence-corrected chi connectivity index (χ2v) is 6.05. The molecule has 1 aromatic heterocycles. The summed E-state index contributed by atoms with van der Waals surface area (Å²) in [6, 6.07) is 0.474. The standard InChI is InChI=1S/C13H21N3O2S/c1-3-11-9(2)19-13(14-11)15-12(18)8-16(6-7-17)10-4-5-10/h10,17H,3-8H2,1-2H3,(H,14,15,18). The van der Waals surface area contributed by atoms with Crippen LogP contribution < -0.4 is 5.32 Å². The van der Waals surface area contributed by atoms with E-state index in [1.807, 2.05) is 11.8 Å². The molecule has 0 saturated heterocycles. The van der Waals surface area contributed by atoms with Gasteiger partial charge in [-0.15, -0.1) is 11.3 Å². The number of amides is 1. The van der Waals surface area contributed by atoms with Crippen molar-refractivity contribution in [1.29, 1.82) is 0 Å². The zero-order valence-corrected chi connectivity index (χ0v) is 12.3. The van der Waals surface area contributed by atoms with Gasteiger partial charge < -0.3 is 10.4 Å². The molecule has 1 aromatic rings. The van der Waals surface area contributed by atoms with Crippen molar-refractivity contribution in [2.75, 3.05) is 25.0 Å². The maximum absolute atomic E-state index is 12.0. The average molecular weight is 283 g/mol. The van der Waals surface area contributed by atoms with Crippen molar-refractivity contribution in [3.63, 3.8) is 0 Å². The fraction of sp³-hybridized carbons (Fsp3) is 0.692. The first-order chi connectivity index (χ1) is 9.13. The minimum Gasteiger partial charge on any atom is -0.395 e. The van der Waals surface area contributed by atoms with Crippen LogP contribution in [0, 0.1) is 6.92 Å². The molecule has 1 aliphatic carbocycles. The minimum absolute atomic E-state index is 0.0447. The number of nitrogens with zero attached hydrogens (tertiary/aromatic N) is 2. The normalized spacial score (nSPS) is 14.9. The number of hydrogen-bond donors (Lipinski definition) is 2. The monoisotopic (exact) mass is 283 g/mol. The molecule has 0 unspecified atom stereocenters. The van der Waals surface area contributed by atoms with E-state index in [1.54, 1.807) is 0 Å². The summed E-state index contributed by atoms with van der Waals surface area (Å²) in [7, 11) is 0. The molecule has 0 radical (unpaired) electrons. The number of nitrogens with one attached hydrogen (secondary N) is 1. The highest BCUT2D eigenvalue weighted by Crippen LogP contribution is 2.26. The summed E-state index contributed by atoms with van der Waals surface area (Å²) < 4.78 is 0. The molecule has 1 saturated carbocycles. The molecule has 1 heterocycles. The van der Waals surface area contributed by atoms with Crippen LogP contribution in [0.5, 0.6) is 0 Å². The molecule has 6 heteroatoms. The molecule has 0 aromatic carbocycles. The highest BCUT2D eigenvalue weighted by molar-refractivity contribution is 7.15. The van der Waals surface area contributed by atoms with E-state index in [4.69, 9.17) is 5.11 Å². The lowest BCUT2D eigenvalue weighted by molar-refractivity contribution is -0.117. The molecule has 1 amide bonds. The van der Waals surface area contributed by atoms with Crippen molar-refractivity contribution < 1.29 is 9.90 Å². The van der Waals surface area contributed by atoms with E-state index in [0.29, 0.717) is 24.3 Å². The van der Waals surface area contributed by atoms with Gasteiger partial charge in [-0.2, -0.15) is 0 Å². The van der Waals surface area contributed by atoms with Crippen LogP contribution in [0.3, 0.4) is 0 Å². The van der Waals surface area contributed by atoms with Crippen molar-refractivity contribution in [3.8, 4) is 0 Å². The van der Waals surface area contributed by atoms with E-state index in [0.717, 1.165) is 29.8 Å². The highest BCUT2D eigenvalue weighted by Gasteiger charge is 2.29. The number of carbonyl (C=O) groups excluding carboxylic acids is 1. The Balaban J connectivity index is 1.88. The van der Waals surface area contributed by atoms with Crippen LogP contribution in [-0.2, 0) is 11.2 Å². The van der Waals surface area contributed by atoms with E-state index in [-0.39, 0.29) is 12.5 Å². The number of aryl methyl sites for hydroxylation is 2. The zero-order chi connectivity index (χ0) is 13.8. The fourth-order valence-electron chi connectivity index (χ4n) is 2.11. The van der Waals surface area contributed by atoms with Crippen molar-refractivity contribution >= 4 is 22.4 Å². The summed E-state index contributed by atoms with van der Waals surface area (Å²) in [5.41, 5.74) is 1.05. The van der Waals surface area contributed by atoms with Gasteiger partial charge in [0, 0.05) is 17.5 Å². The van der Waals surface area contributed by atoms with Crippen LogP contribution in [0.25, 0.3) is 0 Å². The Kier molecular flexibility index (Phi) is 4.90. The second-order valence-electron chi connectivity index (χ2n) is 4.85. The third-order valence-corrected chi connectivity index (χ3v) is 4.20. The predicted octanol–water partition coefficient (Wildman–Crippen LogP) is 1.41. The van der Waals surface area contributed by atoms with Gasteiger partial charge >= 0.3 is 0 Å². The summed E-state index contributed by atoms with van der Waals surface area (Å²) in [6.45, 7) is 5.08. The Bertz CT molecular complexity index is 443. The zero-order valence-electron chi connectivity index (χ0n) is 11.5. The van der Waals surface area contributed by atoms with Gasteiger partial charge in [0.2, 0.25) is 5.91 Å². The maximum Gasteiger partial charge on any atom is 0.240 e. The number of aliphatic hydroxyl groups is 1. The van der Waals surface area contributed by atoms with E-state index < -0.39 is 0 Å². The van der Waals surface area contributed by atoms with Gasteiger partial charge in [-0.25, -0.2) is 4.98 Å². The number of rotatable bonds is 7. The third-order valence-electron chi connectivity index (χ3n) is 3.27. The van der Waals surface area contributed by atoms with Crippen LogP contribution >= 0.6 is 11.3 Å². The molecule has 2 N–H and O–H groups in total. The molecule has 0 bridgehead atoms. The first-order valence-corrected chi connectivity index (χ1v) is 7.56. The van der Waals surface area contributed by atoms with Crippen molar-refractivity contribution in [3.05, 3.63) is 10.6 Å². The Labute approximate surface area is 117 Å². The number of anilines is 1. The number of carbonyl (C=O) groups is 1. The SMILES string of the molecule is CCc1nc(NC(=O)CN(CCO)C2CC2)sc1C. The Morgan fingerprint density at radius 2 is 2.32 bits per heavy atom. The first-order valence-electron chi connectivity index (χ1n) is 6.75. The second kappa shape index (κ2) is 6.45. The molecule has 106 valence electrons. The van der Waals surface area contributed by atoms with E-state index in [9.17, 15) is 4.79 Å². The average Bonchev–Trinajstić information content (AvgIpc) is 3.14. The summed E-state index contributed by atoms with van der Waals surface area (Å²) in [5.74, 6) is -0.0447. The van der Waals surface area contributed by atoms with Crippen LogP contribution in [0.1, 0.15) is 30.3 Å². The fourth-order valence-corrected chi connectivity index (χ4v) is 3.03. The van der Waals surface area contributed by atoms with E-state index in [1.165, 1.54) is 11.3 Å². The molecule has 2 rings (SSSR count). The number of thiazole rings is 1. The van der Waals surface area contributed by atoms with E-state index in [2.05, 4.69) is 17.2 Å². The number of hydrogen-bond acceptors (Lipinski definition) is 5. The minimum atomic E-state index is -0.0447. The lowest BCUT2D eigenvalue weighted by Gasteiger charge is -2.19. The topological polar surface area (TPSA) is 65.5 Å². The predicted molar refractivity (Wildman–Crippen MR) is 76.5 cm³/mol. The van der Waals surface area contributed by atoms with Crippen LogP contribution in [-0.4, -0.2) is 46.6 Å². The van der Waals surface area contributed by atoms with Crippen LogP contribution in [0.15, 0.2) is 0 Å². The van der Waals surface area contributed by atoms with Crippen molar-refractivity contribution in [2.24, 2.45) is 0 Å². The molecular formula is C13H21N3O2S. The Hall–Kier alpha value is -0.980. The van der Waals surface area contributed by atoms with Crippen molar-refractivity contribution in [2.45, 2.75) is 39.2 Å². The molecule has 5 nitrogen and oxygen atoms in total. The molecule has 19 heavy (non-hydrogen) atoms. The summed E-state index contributed by atoms with van der Waals surface area (Å²) in [5, 5.41) is 12.5. The number of aliphatic hydroxyl groups excluding tert-OH is 1. The van der Waals surface area contributed by atoms with Gasteiger partial charge in [0.15, 0.2) is 5.13 Å². The molecule has 0 aliphatic heterocycles. The van der Waals surface area contributed by atoms with Crippen LogP contribution in [0.2, 0.25) is 0 Å². The lowest BCUT2D eigenvalue weighted by Crippen LogP contribution is -2.36. The third kappa shape index (κ3) is 3.99. The van der Waals surface area contributed by atoms with Gasteiger partial charge in [-0.1, -0.05) is 6.92 Å². The molecule has 0 atom stereocenters. The lowest BCUT2D eigenvalue weighted by atomic mass is 10.3. The Morgan fingerprint density at radius 1 is 1.58 bits per heavy atom. The highest BCUT2D eigenvalue weighted by atomic mass is 32.1. The quantitative estimate of drug-likeness (QED) is 0.794.